The average molecular weight is 292 g/mol. The molecule has 3 N–H and O–H groups in total. The summed E-state index contributed by atoms with van der Waals surface area (Å²) in [7, 11) is 0. The molecule has 1 aromatic carbocycles. The van der Waals surface area contributed by atoms with Crippen LogP contribution in [0.25, 0.3) is 0 Å². The van der Waals surface area contributed by atoms with E-state index in [1.165, 1.54) is 13.0 Å². The third-order valence-electron chi connectivity index (χ3n) is 3.37. The van der Waals surface area contributed by atoms with E-state index in [0.717, 1.165) is 0 Å². The van der Waals surface area contributed by atoms with Crippen molar-refractivity contribution in [1.82, 2.24) is 0 Å². The fraction of sp³-hybridized carbons (Fsp3) is 0.571. The third-order valence-corrected chi connectivity index (χ3v) is 3.37. The van der Waals surface area contributed by atoms with Crippen molar-refractivity contribution in [3.63, 3.8) is 0 Å². The Morgan fingerprint density at radius 3 is 1.70 bits per heavy atom. The van der Waals surface area contributed by atoms with Crippen molar-refractivity contribution in [3.05, 3.63) is 33.9 Å². The molecule has 0 heterocycles. The van der Waals surface area contributed by atoms with E-state index in [2.05, 4.69) is 0 Å². The van der Waals surface area contributed by atoms with Crippen LogP contribution in [0.15, 0.2) is 6.07 Å². The molecule has 0 amide bonds. The molecule has 0 spiro atoms. The summed E-state index contributed by atoms with van der Waals surface area (Å²) in [6, 6.07) is 1.24. The fourth-order valence-corrected chi connectivity index (χ4v) is 2.55. The highest BCUT2D eigenvalue weighted by molar-refractivity contribution is 5.49. The van der Waals surface area contributed by atoms with Crippen LogP contribution in [0.5, 0.6) is 0 Å². The molecule has 6 heteroatoms. The minimum atomic E-state index is -4.61. The van der Waals surface area contributed by atoms with Gasteiger partial charge in [-0.25, -0.2) is 0 Å². The molecule has 0 atom stereocenters. The predicted octanol–water partition coefficient (Wildman–Crippen LogP) is 2.48. The molecule has 0 aromatic heterocycles. The van der Waals surface area contributed by atoms with Crippen LogP contribution in [0.4, 0.5) is 13.2 Å². The molecule has 20 heavy (non-hydrogen) atoms. The summed E-state index contributed by atoms with van der Waals surface area (Å²) in [6.45, 7) is 4.77. The number of aryl methyl sites for hydroxylation is 1. The van der Waals surface area contributed by atoms with Crippen LogP contribution in [-0.4, -0.2) is 15.3 Å². The molecular formula is C14H19F3O3. The first-order chi connectivity index (χ1) is 9.07. The summed E-state index contributed by atoms with van der Waals surface area (Å²) in [5.74, 6) is -3.28. The van der Waals surface area contributed by atoms with Crippen molar-refractivity contribution in [2.75, 3.05) is 0 Å². The highest BCUT2D eigenvalue weighted by atomic mass is 19.4. The van der Waals surface area contributed by atoms with Crippen LogP contribution in [0.2, 0.25) is 0 Å². The standard InChI is InChI=1S/C14H19F3O3/c1-4-8-7-11(14(18,19)20)10(6-3)12(9(8)5-2)13(15,16)17/h7,18-20H,4-6H2,1-3H3. The zero-order chi connectivity index (χ0) is 15.7. The van der Waals surface area contributed by atoms with Gasteiger partial charge in [0.1, 0.15) is 0 Å². The smallest absolute Gasteiger partial charge is 0.340 e. The minimum absolute atomic E-state index is 0.0649. The summed E-state index contributed by atoms with van der Waals surface area (Å²) in [6.07, 6.45) is -4.19. The van der Waals surface area contributed by atoms with Crippen LogP contribution in [-0.2, 0) is 31.4 Å². The van der Waals surface area contributed by atoms with Crippen molar-refractivity contribution < 1.29 is 28.5 Å². The fourth-order valence-electron chi connectivity index (χ4n) is 2.55. The van der Waals surface area contributed by atoms with Gasteiger partial charge in [0, 0.05) is 5.56 Å². The van der Waals surface area contributed by atoms with Crippen molar-refractivity contribution in [1.29, 1.82) is 0 Å². The number of halogens is 3. The number of alkyl halides is 3. The SMILES string of the molecule is CCc1cc(C(O)(O)O)c(CC)c(C(F)(F)F)c1CC. The number of benzene rings is 1. The molecule has 0 aliphatic heterocycles. The second-order valence-electron chi connectivity index (χ2n) is 4.61. The summed E-state index contributed by atoms with van der Waals surface area (Å²) in [5.41, 5.74) is -1.14. The minimum Gasteiger partial charge on any atom is -0.340 e. The first kappa shape index (κ1) is 16.9. The van der Waals surface area contributed by atoms with Crippen LogP contribution in [0, 0.1) is 0 Å². The summed E-state index contributed by atoms with van der Waals surface area (Å²) in [4.78, 5) is 0. The Kier molecular flexibility index (Phi) is 4.84. The van der Waals surface area contributed by atoms with Gasteiger partial charge in [-0.2, -0.15) is 13.2 Å². The van der Waals surface area contributed by atoms with E-state index in [9.17, 15) is 28.5 Å². The Hall–Kier alpha value is -1.11. The van der Waals surface area contributed by atoms with E-state index in [1.54, 1.807) is 13.8 Å². The van der Waals surface area contributed by atoms with Crippen molar-refractivity contribution in [3.8, 4) is 0 Å². The third kappa shape index (κ3) is 3.13. The molecule has 0 aliphatic rings. The largest absolute Gasteiger partial charge is 0.416 e. The molecule has 0 saturated heterocycles. The van der Waals surface area contributed by atoms with Gasteiger partial charge in [0.2, 0.25) is 0 Å². The lowest BCUT2D eigenvalue weighted by atomic mass is 9.86. The average Bonchev–Trinajstić information content (AvgIpc) is 2.33. The maximum absolute atomic E-state index is 13.3. The predicted molar refractivity (Wildman–Crippen MR) is 67.9 cm³/mol. The first-order valence-electron chi connectivity index (χ1n) is 6.50. The summed E-state index contributed by atoms with van der Waals surface area (Å²) < 4.78 is 40.0. The Labute approximate surface area is 115 Å². The van der Waals surface area contributed by atoms with E-state index >= 15 is 0 Å². The second kappa shape index (κ2) is 5.71. The molecule has 0 aliphatic carbocycles. The monoisotopic (exact) mass is 292 g/mol. The maximum atomic E-state index is 13.3. The molecule has 3 nitrogen and oxygen atoms in total. The zero-order valence-electron chi connectivity index (χ0n) is 11.7. The number of hydrogen-bond acceptors (Lipinski definition) is 3. The molecule has 0 radical (unpaired) electrons. The van der Waals surface area contributed by atoms with Crippen molar-refractivity contribution >= 4 is 0 Å². The Morgan fingerprint density at radius 2 is 1.40 bits per heavy atom. The van der Waals surface area contributed by atoms with E-state index in [4.69, 9.17) is 0 Å². The van der Waals surface area contributed by atoms with Gasteiger partial charge < -0.3 is 15.3 Å². The van der Waals surface area contributed by atoms with E-state index in [0.29, 0.717) is 12.0 Å². The quantitative estimate of drug-likeness (QED) is 0.747. The number of aliphatic hydroxyl groups is 3. The Bertz CT molecular complexity index is 488. The molecule has 114 valence electrons. The van der Waals surface area contributed by atoms with Crippen molar-refractivity contribution in [2.45, 2.75) is 52.2 Å². The van der Waals surface area contributed by atoms with E-state index in [1.807, 2.05) is 0 Å². The highest BCUT2D eigenvalue weighted by Gasteiger charge is 2.40. The van der Waals surface area contributed by atoms with Gasteiger partial charge >= 0.3 is 12.1 Å². The topological polar surface area (TPSA) is 60.7 Å². The van der Waals surface area contributed by atoms with Gasteiger partial charge in [0.05, 0.1) is 5.56 Å². The lowest BCUT2D eigenvalue weighted by Gasteiger charge is -2.26. The van der Waals surface area contributed by atoms with Gasteiger partial charge in [0.25, 0.3) is 0 Å². The van der Waals surface area contributed by atoms with Gasteiger partial charge in [-0.05, 0) is 42.0 Å². The molecule has 0 bridgehead atoms. The first-order valence-corrected chi connectivity index (χ1v) is 6.50. The molecular weight excluding hydrogens is 273 g/mol. The van der Waals surface area contributed by atoms with Gasteiger partial charge in [-0.1, -0.05) is 20.8 Å². The lowest BCUT2D eigenvalue weighted by Crippen LogP contribution is -2.28. The number of hydrogen-bond donors (Lipinski definition) is 3. The van der Waals surface area contributed by atoms with E-state index in [-0.39, 0.29) is 24.0 Å². The lowest BCUT2D eigenvalue weighted by molar-refractivity contribution is -0.324. The molecule has 0 fully saturated rings. The van der Waals surface area contributed by atoms with Gasteiger partial charge in [-0.3, -0.25) is 0 Å². The Balaban J connectivity index is 3.84. The second-order valence-corrected chi connectivity index (χ2v) is 4.61. The van der Waals surface area contributed by atoms with Gasteiger partial charge in [-0.15, -0.1) is 0 Å². The maximum Gasteiger partial charge on any atom is 0.416 e. The van der Waals surface area contributed by atoms with Crippen molar-refractivity contribution in [2.24, 2.45) is 0 Å². The molecule has 0 unspecified atom stereocenters. The molecule has 1 rings (SSSR count). The highest BCUT2D eigenvalue weighted by Crippen LogP contribution is 2.40. The van der Waals surface area contributed by atoms with Crippen LogP contribution in [0.1, 0.15) is 48.6 Å². The summed E-state index contributed by atoms with van der Waals surface area (Å²) in [5, 5.41) is 28.0. The Morgan fingerprint density at radius 1 is 0.900 bits per heavy atom. The molecule has 1 aromatic rings. The van der Waals surface area contributed by atoms with Gasteiger partial charge in [0.15, 0.2) is 0 Å². The number of rotatable bonds is 4. The summed E-state index contributed by atoms with van der Waals surface area (Å²) >= 11 is 0. The molecule has 0 saturated carbocycles. The van der Waals surface area contributed by atoms with E-state index < -0.39 is 23.3 Å². The normalized spacial score (nSPS) is 12.8. The van der Waals surface area contributed by atoms with Crippen LogP contribution in [0.3, 0.4) is 0 Å². The van der Waals surface area contributed by atoms with Crippen LogP contribution < -0.4 is 0 Å². The van der Waals surface area contributed by atoms with Crippen LogP contribution >= 0.6 is 0 Å². The zero-order valence-corrected chi connectivity index (χ0v) is 11.7.